The number of ether oxygens (including phenoxy) is 1. The molecule has 1 aliphatic rings. The van der Waals surface area contributed by atoms with Gasteiger partial charge in [-0.2, -0.15) is 0 Å². The number of halogens is 1. The Morgan fingerprint density at radius 1 is 1.32 bits per heavy atom. The summed E-state index contributed by atoms with van der Waals surface area (Å²) in [6.45, 7) is 1.58. The van der Waals surface area contributed by atoms with Crippen molar-refractivity contribution in [2.24, 2.45) is 0 Å². The van der Waals surface area contributed by atoms with Gasteiger partial charge < -0.3 is 14.7 Å². The van der Waals surface area contributed by atoms with E-state index in [1.165, 1.54) is 18.2 Å². The first-order chi connectivity index (χ1) is 10.6. The summed E-state index contributed by atoms with van der Waals surface area (Å²) in [5.41, 5.74) is 0.769. The summed E-state index contributed by atoms with van der Waals surface area (Å²) >= 11 is 0. The van der Waals surface area contributed by atoms with Crippen molar-refractivity contribution in [3.05, 3.63) is 59.5 Å². The van der Waals surface area contributed by atoms with Crippen LogP contribution in [-0.4, -0.2) is 35.8 Å². The van der Waals surface area contributed by atoms with Gasteiger partial charge in [0.1, 0.15) is 17.7 Å². The van der Waals surface area contributed by atoms with E-state index in [2.05, 4.69) is 4.98 Å². The third-order valence-corrected chi connectivity index (χ3v) is 3.56. The van der Waals surface area contributed by atoms with Crippen molar-refractivity contribution >= 4 is 11.8 Å². The average molecular weight is 302 g/mol. The lowest BCUT2D eigenvalue weighted by atomic mass is 10.1. The van der Waals surface area contributed by atoms with Crippen molar-refractivity contribution in [3.63, 3.8) is 0 Å². The highest BCUT2D eigenvalue weighted by molar-refractivity contribution is 5.85. The maximum atomic E-state index is 13.3. The summed E-state index contributed by atoms with van der Waals surface area (Å²) in [5, 5.41) is 9.02. The summed E-state index contributed by atoms with van der Waals surface area (Å²) in [7, 11) is 0. The number of benzene rings is 1. The second-order valence-electron chi connectivity index (χ2n) is 5.05. The Balaban J connectivity index is 1.81. The Morgan fingerprint density at radius 3 is 2.91 bits per heavy atom. The largest absolute Gasteiger partial charge is 0.477 e. The first-order valence-corrected chi connectivity index (χ1v) is 6.96. The molecule has 1 fully saturated rings. The molecule has 0 spiro atoms. The molecular formula is C16H15FN2O3. The summed E-state index contributed by atoms with van der Waals surface area (Å²) < 4.78 is 19.0. The van der Waals surface area contributed by atoms with Crippen LogP contribution in [-0.2, 0) is 4.74 Å². The Morgan fingerprint density at radius 2 is 2.14 bits per heavy atom. The maximum absolute atomic E-state index is 13.3. The third kappa shape index (κ3) is 3.07. The van der Waals surface area contributed by atoms with Gasteiger partial charge in [-0.3, -0.25) is 0 Å². The third-order valence-electron chi connectivity index (χ3n) is 3.56. The number of anilines is 1. The number of pyridine rings is 1. The molecule has 1 aromatic carbocycles. The van der Waals surface area contributed by atoms with E-state index >= 15 is 0 Å². The van der Waals surface area contributed by atoms with E-state index < -0.39 is 5.97 Å². The van der Waals surface area contributed by atoms with E-state index in [9.17, 15) is 9.18 Å². The fourth-order valence-electron chi connectivity index (χ4n) is 2.48. The SMILES string of the molecule is O=C(O)c1cccc(N2CCOC(c3cccc(F)c3)C2)n1. The van der Waals surface area contributed by atoms with Gasteiger partial charge in [0.05, 0.1) is 6.61 Å². The van der Waals surface area contributed by atoms with Gasteiger partial charge in [-0.15, -0.1) is 0 Å². The molecular weight excluding hydrogens is 287 g/mol. The summed E-state index contributed by atoms with van der Waals surface area (Å²) in [4.78, 5) is 17.1. The zero-order chi connectivity index (χ0) is 15.5. The zero-order valence-electron chi connectivity index (χ0n) is 11.8. The van der Waals surface area contributed by atoms with Crippen LogP contribution in [0.5, 0.6) is 0 Å². The topological polar surface area (TPSA) is 62.7 Å². The quantitative estimate of drug-likeness (QED) is 0.944. The van der Waals surface area contributed by atoms with Crippen LogP contribution in [0.2, 0.25) is 0 Å². The minimum Gasteiger partial charge on any atom is -0.477 e. The summed E-state index contributed by atoms with van der Waals surface area (Å²) in [6.07, 6.45) is -0.264. The van der Waals surface area contributed by atoms with Crippen molar-refractivity contribution < 1.29 is 19.0 Å². The molecule has 0 aliphatic carbocycles. The maximum Gasteiger partial charge on any atom is 0.354 e. The van der Waals surface area contributed by atoms with E-state index in [0.717, 1.165) is 5.56 Å². The second-order valence-corrected chi connectivity index (χ2v) is 5.05. The van der Waals surface area contributed by atoms with Crippen LogP contribution < -0.4 is 4.90 Å². The number of rotatable bonds is 3. The van der Waals surface area contributed by atoms with Crippen LogP contribution in [0.15, 0.2) is 42.5 Å². The lowest BCUT2D eigenvalue weighted by Gasteiger charge is -2.34. The molecule has 114 valence electrons. The minimum absolute atomic E-state index is 0.00583. The van der Waals surface area contributed by atoms with Crippen molar-refractivity contribution in [3.8, 4) is 0 Å². The Hall–Kier alpha value is -2.47. The van der Waals surface area contributed by atoms with Crippen molar-refractivity contribution in [1.82, 2.24) is 4.98 Å². The van der Waals surface area contributed by atoms with Gasteiger partial charge in [0.15, 0.2) is 5.69 Å². The molecule has 1 unspecified atom stereocenters. The molecule has 1 N–H and O–H groups in total. The standard InChI is InChI=1S/C16H15FN2O3/c17-12-4-1-3-11(9-12)14-10-19(7-8-22-14)15-6-2-5-13(18-15)16(20)21/h1-6,9,14H,7-8,10H2,(H,20,21). The molecule has 1 atom stereocenters. The molecule has 22 heavy (non-hydrogen) atoms. The number of carboxylic acid groups (broad SMARTS) is 1. The smallest absolute Gasteiger partial charge is 0.354 e. The van der Waals surface area contributed by atoms with Gasteiger partial charge in [-0.1, -0.05) is 18.2 Å². The van der Waals surface area contributed by atoms with Gasteiger partial charge in [0.2, 0.25) is 0 Å². The summed E-state index contributed by atoms with van der Waals surface area (Å²) in [6, 6.07) is 11.2. The molecule has 5 nitrogen and oxygen atoms in total. The second kappa shape index (κ2) is 6.11. The molecule has 1 aromatic heterocycles. The van der Waals surface area contributed by atoms with Gasteiger partial charge >= 0.3 is 5.97 Å². The number of aromatic nitrogens is 1. The highest BCUT2D eigenvalue weighted by Crippen LogP contribution is 2.25. The van der Waals surface area contributed by atoms with E-state index in [1.54, 1.807) is 18.2 Å². The van der Waals surface area contributed by atoms with E-state index in [-0.39, 0.29) is 17.6 Å². The predicted molar refractivity (Wildman–Crippen MR) is 78.5 cm³/mol. The fraction of sp³-hybridized carbons (Fsp3) is 0.250. The highest BCUT2D eigenvalue weighted by Gasteiger charge is 2.23. The molecule has 1 saturated heterocycles. The van der Waals surface area contributed by atoms with Gasteiger partial charge in [-0.25, -0.2) is 14.2 Å². The number of aromatic carboxylic acids is 1. The molecule has 1 aliphatic heterocycles. The predicted octanol–water partition coefficient (Wildman–Crippen LogP) is 2.50. The molecule has 2 heterocycles. The van der Waals surface area contributed by atoms with Crippen LogP contribution in [0.4, 0.5) is 10.2 Å². The lowest BCUT2D eigenvalue weighted by molar-refractivity contribution is 0.0393. The van der Waals surface area contributed by atoms with E-state index in [0.29, 0.717) is 25.5 Å². The molecule has 0 amide bonds. The highest BCUT2D eigenvalue weighted by atomic mass is 19.1. The van der Waals surface area contributed by atoms with Crippen LogP contribution in [0.3, 0.4) is 0 Å². The van der Waals surface area contributed by atoms with Crippen molar-refractivity contribution in [2.75, 3.05) is 24.6 Å². The Labute approximate surface area is 127 Å². The molecule has 6 heteroatoms. The average Bonchev–Trinajstić information content (AvgIpc) is 2.55. The molecule has 2 aromatic rings. The minimum atomic E-state index is -1.06. The van der Waals surface area contributed by atoms with Crippen LogP contribution in [0.1, 0.15) is 22.2 Å². The molecule has 0 radical (unpaired) electrons. The zero-order valence-corrected chi connectivity index (χ0v) is 11.8. The van der Waals surface area contributed by atoms with Crippen LogP contribution in [0, 0.1) is 5.82 Å². The normalized spacial score (nSPS) is 18.2. The Kier molecular flexibility index (Phi) is 4.02. The van der Waals surface area contributed by atoms with Gasteiger partial charge in [0, 0.05) is 13.1 Å². The van der Waals surface area contributed by atoms with Crippen LogP contribution >= 0.6 is 0 Å². The number of hydrogen-bond acceptors (Lipinski definition) is 4. The van der Waals surface area contributed by atoms with E-state index in [1.807, 2.05) is 11.0 Å². The van der Waals surface area contributed by atoms with Gasteiger partial charge in [0.25, 0.3) is 0 Å². The molecule has 0 bridgehead atoms. The fourth-order valence-corrected chi connectivity index (χ4v) is 2.48. The van der Waals surface area contributed by atoms with Crippen LogP contribution in [0.25, 0.3) is 0 Å². The number of morpholine rings is 1. The molecule has 3 rings (SSSR count). The molecule has 0 saturated carbocycles. The number of carbonyl (C=O) groups is 1. The Bertz CT molecular complexity index is 693. The lowest BCUT2D eigenvalue weighted by Crippen LogP contribution is -2.39. The first kappa shape index (κ1) is 14.5. The monoisotopic (exact) mass is 302 g/mol. The number of carboxylic acids is 1. The number of nitrogens with zero attached hydrogens (tertiary/aromatic N) is 2. The van der Waals surface area contributed by atoms with Gasteiger partial charge in [-0.05, 0) is 29.8 Å². The summed E-state index contributed by atoms with van der Waals surface area (Å²) in [5.74, 6) is -0.773. The number of hydrogen-bond donors (Lipinski definition) is 1. The van der Waals surface area contributed by atoms with Crippen molar-refractivity contribution in [1.29, 1.82) is 0 Å². The van der Waals surface area contributed by atoms with Crippen molar-refractivity contribution in [2.45, 2.75) is 6.10 Å². The first-order valence-electron chi connectivity index (χ1n) is 6.96. The van der Waals surface area contributed by atoms with E-state index in [4.69, 9.17) is 9.84 Å².